The van der Waals surface area contributed by atoms with E-state index in [1.807, 2.05) is 30.0 Å². The lowest BCUT2D eigenvalue weighted by Crippen LogP contribution is -2.44. The number of rotatable bonds is 4. The fourth-order valence-electron chi connectivity index (χ4n) is 4.17. The maximum absolute atomic E-state index is 12.6. The molecule has 1 saturated carbocycles. The molecular weight excluding hydrogens is 350 g/mol. The standard InChI is InChI=1S/C19H23N3O3S/c23-16(20-14-8-12-26-15-6-2-1-5-13(14)15)7-11-22-17(24)19(21-18(22)25)9-3-4-10-19/h1-2,5-6,14H,3-4,7-12H2,(H,20,23)(H,21,25)/t14-/m0/s1. The predicted molar refractivity (Wildman–Crippen MR) is 98.7 cm³/mol. The molecule has 6 nitrogen and oxygen atoms in total. The molecule has 4 amide bonds. The molecule has 0 aromatic heterocycles. The van der Waals surface area contributed by atoms with Gasteiger partial charge in [0.15, 0.2) is 0 Å². The number of imide groups is 1. The van der Waals surface area contributed by atoms with Crippen molar-refractivity contribution in [1.29, 1.82) is 0 Å². The van der Waals surface area contributed by atoms with E-state index < -0.39 is 5.54 Å². The highest BCUT2D eigenvalue weighted by atomic mass is 32.2. The van der Waals surface area contributed by atoms with Crippen LogP contribution in [0.1, 0.15) is 50.1 Å². The lowest BCUT2D eigenvalue weighted by atomic mass is 9.98. The molecule has 3 aliphatic rings. The Morgan fingerprint density at radius 2 is 2.04 bits per heavy atom. The topological polar surface area (TPSA) is 78.5 Å². The van der Waals surface area contributed by atoms with Crippen LogP contribution in [0.4, 0.5) is 4.79 Å². The van der Waals surface area contributed by atoms with Crippen molar-refractivity contribution in [1.82, 2.24) is 15.5 Å². The summed E-state index contributed by atoms with van der Waals surface area (Å²) < 4.78 is 0. The predicted octanol–water partition coefficient (Wildman–Crippen LogP) is 2.59. The molecule has 4 rings (SSSR count). The van der Waals surface area contributed by atoms with Gasteiger partial charge in [-0.3, -0.25) is 14.5 Å². The molecule has 1 atom stereocenters. The van der Waals surface area contributed by atoms with Crippen LogP contribution in [0.2, 0.25) is 0 Å². The fourth-order valence-corrected chi connectivity index (χ4v) is 5.29. The first-order valence-electron chi connectivity index (χ1n) is 9.24. The van der Waals surface area contributed by atoms with Gasteiger partial charge in [-0.05, 0) is 30.9 Å². The van der Waals surface area contributed by atoms with Crippen LogP contribution < -0.4 is 10.6 Å². The third kappa shape index (κ3) is 3.09. The van der Waals surface area contributed by atoms with E-state index in [9.17, 15) is 14.4 Å². The first-order valence-corrected chi connectivity index (χ1v) is 10.2. The van der Waals surface area contributed by atoms with Crippen molar-refractivity contribution >= 4 is 29.6 Å². The van der Waals surface area contributed by atoms with Crippen molar-refractivity contribution in [2.45, 2.75) is 55.0 Å². The van der Waals surface area contributed by atoms with E-state index >= 15 is 0 Å². The minimum Gasteiger partial charge on any atom is -0.349 e. The number of urea groups is 1. The Morgan fingerprint density at radius 3 is 2.85 bits per heavy atom. The lowest BCUT2D eigenvalue weighted by molar-refractivity contribution is -0.131. The fraction of sp³-hybridized carbons (Fsp3) is 0.526. The lowest BCUT2D eigenvalue weighted by Gasteiger charge is -2.26. The van der Waals surface area contributed by atoms with E-state index in [1.165, 1.54) is 9.80 Å². The highest BCUT2D eigenvalue weighted by molar-refractivity contribution is 7.99. The molecule has 2 heterocycles. The average Bonchev–Trinajstić information content (AvgIpc) is 3.20. The van der Waals surface area contributed by atoms with Gasteiger partial charge in [-0.2, -0.15) is 0 Å². The number of fused-ring (bicyclic) bond motifs is 1. The SMILES string of the molecule is O=C(CCN1C(=O)NC2(CCCC2)C1=O)N[C@H]1CCSc2ccccc21. The number of hydrogen-bond acceptors (Lipinski definition) is 4. The minimum absolute atomic E-state index is 0.00392. The number of nitrogens with one attached hydrogen (secondary N) is 2. The van der Waals surface area contributed by atoms with E-state index in [2.05, 4.69) is 16.7 Å². The smallest absolute Gasteiger partial charge is 0.325 e. The van der Waals surface area contributed by atoms with Gasteiger partial charge in [0.2, 0.25) is 5.91 Å². The number of thioether (sulfide) groups is 1. The van der Waals surface area contributed by atoms with Crippen molar-refractivity contribution in [3.63, 3.8) is 0 Å². The largest absolute Gasteiger partial charge is 0.349 e. The molecule has 2 aliphatic heterocycles. The molecule has 2 N–H and O–H groups in total. The van der Waals surface area contributed by atoms with Crippen LogP contribution in [0.5, 0.6) is 0 Å². The number of carbonyl (C=O) groups is 3. The Hall–Kier alpha value is -2.02. The van der Waals surface area contributed by atoms with E-state index in [1.54, 1.807) is 0 Å². The van der Waals surface area contributed by atoms with Gasteiger partial charge in [0, 0.05) is 23.6 Å². The minimum atomic E-state index is -0.701. The number of benzene rings is 1. The van der Waals surface area contributed by atoms with Crippen molar-refractivity contribution in [3.05, 3.63) is 29.8 Å². The molecule has 1 spiro atoms. The van der Waals surface area contributed by atoms with Gasteiger partial charge in [-0.1, -0.05) is 31.0 Å². The van der Waals surface area contributed by atoms with Crippen molar-refractivity contribution in [2.75, 3.05) is 12.3 Å². The van der Waals surface area contributed by atoms with Gasteiger partial charge in [-0.15, -0.1) is 11.8 Å². The van der Waals surface area contributed by atoms with Gasteiger partial charge < -0.3 is 10.6 Å². The summed E-state index contributed by atoms with van der Waals surface area (Å²) in [6, 6.07) is 7.76. The first kappa shape index (κ1) is 17.4. The first-order chi connectivity index (χ1) is 12.6. The second-order valence-electron chi connectivity index (χ2n) is 7.22. The molecule has 26 heavy (non-hydrogen) atoms. The molecule has 138 valence electrons. The van der Waals surface area contributed by atoms with Crippen LogP contribution in [-0.4, -0.2) is 40.6 Å². The number of nitrogens with zero attached hydrogens (tertiary/aromatic N) is 1. The van der Waals surface area contributed by atoms with Crippen molar-refractivity contribution in [3.8, 4) is 0 Å². The zero-order valence-electron chi connectivity index (χ0n) is 14.6. The summed E-state index contributed by atoms with van der Waals surface area (Å²) in [5, 5.41) is 5.92. The van der Waals surface area contributed by atoms with E-state index in [0.717, 1.165) is 30.6 Å². The van der Waals surface area contributed by atoms with Crippen molar-refractivity contribution < 1.29 is 14.4 Å². The molecule has 0 unspecified atom stereocenters. The molecule has 1 aromatic carbocycles. The maximum atomic E-state index is 12.6. The summed E-state index contributed by atoms with van der Waals surface area (Å²) in [7, 11) is 0. The second kappa shape index (κ2) is 6.95. The number of hydrogen-bond donors (Lipinski definition) is 2. The van der Waals surface area contributed by atoms with E-state index in [4.69, 9.17) is 0 Å². The maximum Gasteiger partial charge on any atom is 0.325 e. The highest BCUT2D eigenvalue weighted by Gasteiger charge is 2.52. The number of amides is 4. The van der Waals surface area contributed by atoms with Crippen LogP contribution in [-0.2, 0) is 9.59 Å². The quantitative estimate of drug-likeness (QED) is 0.795. The van der Waals surface area contributed by atoms with Gasteiger partial charge in [0.05, 0.1) is 6.04 Å². The molecule has 0 bridgehead atoms. The third-order valence-corrected chi connectivity index (χ3v) is 6.68. The monoisotopic (exact) mass is 373 g/mol. The summed E-state index contributed by atoms with van der Waals surface area (Å²) in [4.78, 5) is 39.6. The van der Waals surface area contributed by atoms with Gasteiger partial charge in [0.1, 0.15) is 5.54 Å². The highest BCUT2D eigenvalue weighted by Crippen LogP contribution is 2.36. The molecular formula is C19H23N3O3S. The Kier molecular flexibility index (Phi) is 4.65. The van der Waals surface area contributed by atoms with Crippen LogP contribution >= 0.6 is 11.8 Å². The Morgan fingerprint density at radius 1 is 1.27 bits per heavy atom. The number of carbonyl (C=O) groups excluding carboxylic acids is 3. The molecule has 0 radical (unpaired) electrons. The van der Waals surface area contributed by atoms with Gasteiger partial charge in [-0.25, -0.2) is 4.79 Å². The molecule has 1 aromatic rings. The van der Waals surface area contributed by atoms with Crippen LogP contribution in [0.15, 0.2) is 29.2 Å². The summed E-state index contributed by atoms with van der Waals surface area (Å²) in [5.74, 6) is 0.689. The second-order valence-corrected chi connectivity index (χ2v) is 8.36. The summed E-state index contributed by atoms with van der Waals surface area (Å²) in [6.07, 6.45) is 4.35. The van der Waals surface area contributed by atoms with Gasteiger partial charge in [0.25, 0.3) is 5.91 Å². The third-order valence-electron chi connectivity index (χ3n) is 5.56. The van der Waals surface area contributed by atoms with E-state index in [0.29, 0.717) is 12.8 Å². The molecule has 1 saturated heterocycles. The Bertz CT molecular complexity index is 745. The molecule has 2 fully saturated rings. The average molecular weight is 373 g/mol. The van der Waals surface area contributed by atoms with Gasteiger partial charge >= 0.3 is 6.03 Å². The molecule has 1 aliphatic carbocycles. The van der Waals surface area contributed by atoms with Crippen LogP contribution in [0, 0.1) is 0 Å². The van der Waals surface area contributed by atoms with Crippen molar-refractivity contribution in [2.24, 2.45) is 0 Å². The summed E-state index contributed by atoms with van der Waals surface area (Å²) >= 11 is 1.81. The normalized spacial score (nSPS) is 23.8. The van der Waals surface area contributed by atoms with E-state index in [-0.39, 0.29) is 36.9 Å². The molecule has 7 heteroatoms. The zero-order valence-corrected chi connectivity index (χ0v) is 15.4. The van der Waals surface area contributed by atoms with Crippen LogP contribution in [0.25, 0.3) is 0 Å². The Balaban J connectivity index is 1.35. The summed E-state index contributed by atoms with van der Waals surface area (Å²) in [5.41, 5.74) is 0.449. The van der Waals surface area contributed by atoms with Crippen LogP contribution in [0.3, 0.4) is 0 Å². The Labute approximate surface area is 157 Å². The summed E-state index contributed by atoms with van der Waals surface area (Å²) in [6.45, 7) is 0.140. The zero-order chi connectivity index (χ0) is 18.1.